The van der Waals surface area contributed by atoms with Gasteiger partial charge in [-0.1, -0.05) is 17.8 Å². The second kappa shape index (κ2) is 8.23. The lowest BCUT2D eigenvalue weighted by molar-refractivity contribution is -0.130. The monoisotopic (exact) mass is 422 g/mol. The summed E-state index contributed by atoms with van der Waals surface area (Å²) in [6.07, 6.45) is 2.21. The average molecular weight is 423 g/mol. The van der Waals surface area contributed by atoms with Gasteiger partial charge in [-0.25, -0.2) is 9.99 Å². The lowest BCUT2D eigenvalue weighted by Gasteiger charge is -2.20. The van der Waals surface area contributed by atoms with Crippen molar-refractivity contribution < 1.29 is 9.21 Å². The van der Waals surface area contributed by atoms with E-state index in [0.717, 1.165) is 21.8 Å². The number of pyridine rings is 1. The molecule has 3 aromatic rings. The molecule has 1 amide bonds. The third kappa shape index (κ3) is 3.97. The van der Waals surface area contributed by atoms with Gasteiger partial charge in [-0.15, -0.1) is 11.3 Å². The maximum Gasteiger partial charge on any atom is 0.253 e. The first kappa shape index (κ1) is 19.4. The highest BCUT2D eigenvalue weighted by Crippen LogP contribution is 2.36. The Morgan fingerprint density at radius 2 is 2.28 bits per heavy atom. The van der Waals surface area contributed by atoms with Crippen LogP contribution in [0, 0.1) is 25.2 Å². The van der Waals surface area contributed by atoms with E-state index in [-0.39, 0.29) is 17.7 Å². The summed E-state index contributed by atoms with van der Waals surface area (Å²) >= 11 is 2.88. The number of thioether (sulfide) groups is 1. The molecule has 0 bridgehead atoms. The van der Waals surface area contributed by atoms with Gasteiger partial charge in [-0.2, -0.15) is 10.4 Å². The Kier molecular flexibility index (Phi) is 5.51. The van der Waals surface area contributed by atoms with E-state index >= 15 is 0 Å². The molecule has 4 rings (SSSR count). The number of rotatable bonds is 5. The molecule has 29 heavy (non-hydrogen) atoms. The molecule has 4 heterocycles. The molecule has 1 aliphatic heterocycles. The van der Waals surface area contributed by atoms with Crippen LogP contribution in [-0.4, -0.2) is 27.4 Å². The molecule has 1 aliphatic rings. The van der Waals surface area contributed by atoms with Crippen LogP contribution in [0.2, 0.25) is 0 Å². The zero-order valence-electron chi connectivity index (χ0n) is 16.0. The molecule has 8 heteroatoms. The molecule has 0 aliphatic carbocycles. The van der Waals surface area contributed by atoms with Crippen LogP contribution in [0.15, 0.2) is 56.5 Å². The molecule has 146 valence electrons. The molecular formula is C21H18N4O2S2. The SMILES string of the molecule is Cc1cc(C)c(C#N)c(SCC(=O)N2N=C(c3ccco3)CC2c2cccs2)n1. The third-order valence-electron chi connectivity index (χ3n) is 4.60. The predicted molar refractivity (Wildman–Crippen MR) is 113 cm³/mol. The first-order chi connectivity index (χ1) is 14.1. The van der Waals surface area contributed by atoms with E-state index in [2.05, 4.69) is 16.2 Å². The minimum absolute atomic E-state index is 0.125. The van der Waals surface area contributed by atoms with Crippen molar-refractivity contribution in [2.45, 2.75) is 31.3 Å². The van der Waals surface area contributed by atoms with E-state index in [4.69, 9.17) is 4.42 Å². The number of carbonyl (C=O) groups is 1. The van der Waals surface area contributed by atoms with E-state index in [1.54, 1.807) is 22.6 Å². The highest BCUT2D eigenvalue weighted by atomic mass is 32.2. The normalized spacial score (nSPS) is 16.0. The van der Waals surface area contributed by atoms with Crippen molar-refractivity contribution >= 4 is 34.7 Å². The van der Waals surface area contributed by atoms with Crippen molar-refractivity contribution in [1.29, 1.82) is 5.26 Å². The summed E-state index contributed by atoms with van der Waals surface area (Å²) in [6, 6.07) is 11.6. The quantitative estimate of drug-likeness (QED) is 0.557. The number of aryl methyl sites for hydroxylation is 2. The topological polar surface area (TPSA) is 82.5 Å². The van der Waals surface area contributed by atoms with Gasteiger partial charge in [0.15, 0.2) is 0 Å². The number of furan rings is 1. The number of nitrogens with zero attached hydrogens (tertiary/aromatic N) is 4. The highest BCUT2D eigenvalue weighted by Gasteiger charge is 2.34. The Morgan fingerprint density at radius 3 is 2.97 bits per heavy atom. The average Bonchev–Trinajstić information content (AvgIpc) is 3.46. The van der Waals surface area contributed by atoms with Crippen molar-refractivity contribution in [3.63, 3.8) is 0 Å². The van der Waals surface area contributed by atoms with E-state index in [1.807, 2.05) is 49.6 Å². The van der Waals surface area contributed by atoms with Crippen LogP contribution in [0.4, 0.5) is 0 Å². The largest absolute Gasteiger partial charge is 0.463 e. The van der Waals surface area contributed by atoms with Crippen molar-refractivity contribution in [3.8, 4) is 6.07 Å². The Labute approximate surface area is 176 Å². The predicted octanol–water partition coefficient (Wildman–Crippen LogP) is 4.69. The second-order valence-corrected chi connectivity index (χ2v) is 8.60. The standard InChI is InChI=1S/C21H18N4O2S2/c1-13-9-14(2)23-21(15(13)11-22)29-12-20(26)25-17(19-6-4-8-28-19)10-16(24-25)18-5-3-7-27-18/h3-9,17H,10,12H2,1-2H3. The second-order valence-electron chi connectivity index (χ2n) is 6.66. The number of aromatic nitrogens is 1. The van der Waals surface area contributed by atoms with Crippen molar-refractivity contribution in [2.24, 2.45) is 5.10 Å². The molecule has 1 unspecified atom stereocenters. The number of hydrogen-bond donors (Lipinski definition) is 0. The number of carbonyl (C=O) groups excluding carboxylic acids is 1. The molecule has 0 N–H and O–H groups in total. The molecule has 0 saturated carbocycles. The molecular weight excluding hydrogens is 404 g/mol. The Balaban J connectivity index is 1.57. The van der Waals surface area contributed by atoms with Gasteiger partial charge >= 0.3 is 0 Å². The molecule has 0 radical (unpaired) electrons. The summed E-state index contributed by atoms with van der Waals surface area (Å²) in [6.45, 7) is 3.76. The van der Waals surface area contributed by atoms with Gasteiger partial charge in [-0.05, 0) is 49.1 Å². The van der Waals surface area contributed by atoms with Gasteiger partial charge in [-0.3, -0.25) is 4.79 Å². The molecule has 1 atom stereocenters. The Bertz CT molecular complexity index is 1100. The highest BCUT2D eigenvalue weighted by molar-refractivity contribution is 8.00. The van der Waals surface area contributed by atoms with Crippen LogP contribution in [0.3, 0.4) is 0 Å². The van der Waals surface area contributed by atoms with Crippen LogP contribution in [0.5, 0.6) is 0 Å². The summed E-state index contributed by atoms with van der Waals surface area (Å²) in [5, 5.41) is 18.1. The molecule has 6 nitrogen and oxygen atoms in total. The summed E-state index contributed by atoms with van der Waals surface area (Å²) in [5.74, 6) is 0.707. The molecule has 0 saturated heterocycles. The van der Waals surface area contributed by atoms with E-state index in [0.29, 0.717) is 22.8 Å². The zero-order valence-corrected chi connectivity index (χ0v) is 17.6. The minimum Gasteiger partial charge on any atom is -0.463 e. The summed E-state index contributed by atoms with van der Waals surface area (Å²) in [4.78, 5) is 18.6. The minimum atomic E-state index is -0.147. The molecule has 0 aromatic carbocycles. The molecule has 0 spiro atoms. The lowest BCUT2D eigenvalue weighted by Crippen LogP contribution is -2.28. The van der Waals surface area contributed by atoms with Crippen LogP contribution < -0.4 is 0 Å². The van der Waals surface area contributed by atoms with Crippen molar-refractivity contribution in [3.05, 3.63) is 69.4 Å². The fourth-order valence-electron chi connectivity index (χ4n) is 3.27. The third-order valence-corrected chi connectivity index (χ3v) is 6.53. The molecule has 0 fully saturated rings. The molecule has 3 aromatic heterocycles. The Morgan fingerprint density at radius 1 is 1.41 bits per heavy atom. The lowest BCUT2D eigenvalue weighted by atomic mass is 10.1. The van der Waals surface area contributed by atoms with Crippen LogP contribution in [-0.2, 0) is 4.79 Å². The number of amides is 1. The number of nitriles is 1. The van der Waals surface area contributed by atoms with Gasteiger partial charge < -0.3 is 4.42 Å². The van der Waals surface area contributed by atoms with Gasteiger partial charge in [0, 0.05) is 17.0 Å². The van der Waals surface area contributed by atoms with Crippen LogP contribution >= 0.6 is 23.1 Å². The van der Waals surface area contributed by atoms with Crippen LogP contribution in [0.25, 0.3) is 0 Å². The fourth-order valence-corrected chi connectivity index (χ4v) is 5.04. The first-order valence-corrected chi connectivity index (χ1v) is 10.9. The van der Waals surface area contributed by atoms with Crippen LogP contribution in [0.1, 0.15) is 39.9 Å². The van der Waals surface area contributed by atoms with Crippen molar-refractivity contribution in [1.82, 2.24) is 9.99 Å². The zero-order chi connectivity index (χ0) is 20.4. The van der Waals surface area contributed by atoms with E-state index < -0.39 is 0 Å². The number of hydrazone groups is 1. The summed E-state index contributed by atoms with van der Waals surface area (Å²) in [7, 11) is 0. The number of thiophene rings is 1. The maximum atomic E-state index is 13.1. The summed E-state index contributed by atoms with van der Waals surface area (Å²) in [5.41, 5.74) is 2.97. The van der Waals surface area contributed by atoms with E-state index in [9.17, 15) is 10.1 Å². The smallest absolute Gasteiger partial charge is 0.253 e. The maximum absolute atomic E-state index is 13.1. The van der Waals surface area contributed by atoms with Gasteiger partial charge in [0.05, 0.1) is 23.6 Å². The van der Waals surface area contributed by atoms with Gasteiger partial charge in [0.25, 0.3) is 5.91 Å². The van der Waals surface area contributed by atoms with Gasteiger partial charge in [0.2, 0.25) is 0 Å². The van der Waals surface area contributed by atoms with Gasteiger partial charge in [0.1, 0.15) is 22.6 Å². The fraction of sp³-hybridized carbons (Fsp3) is 0.238. The van der Waals surface area contributed by atoms with E-state index in [1.165, 1.54) is 11.8 Å². The number of hydrogen-bond acceptors (Lipinski definition) is 7. The summed E-state index contributed by atoms with van der Waals surface area (Å²) < 4.78 is 5.48. The first-order valence-electron chi connectivity index (χ1n) is 9.04. The van der Waals surface area contributed by atoms with Crippen molar-refractivity contribution in [2.75, 3.05) is 5.75 Å². The Hall–Kier alpha value is -2.89.